The third-order valence-electron chi connectivity index (χ3n) is 2.39. The van der Waals surface area contributed by atoms with Gasteiger partial charge in [0.05, 0.1) is 18.4 Å². The van der Waals surface area contributed by atoms with Crippen LogP contribution in [-0.2, 0) is 0 Å². The summed E-state index contributed by atoms with van der Waals surface area (Å²) in [6.45, 7) is 0. The van der Waals surface area contributed by atoms with E-state index in [2.05, 4.69) is 10.3 Å². The number of ether oxygens (including phenoxy) is 1. The van der Waals surface area contributed by atoms with Crippen molar-refractivity contribution in [2.75, 3.05) is 12.4 Å². The van der Waals surface area contributed by atoms with Crippen LogP contribution in [-0.4, -0.2) is 18.0 Å². The van der Waals surface area contributed by atoms with Gasteiger partial charge in [0.1, 0.15) is 5.82 Å². The molecular formula is C13H10ClFN2O2. The Balaban J connectivity index is 2.15. The van der Waals surface area contributed by atoms with Crippen molar-refractivity contribution in [1.82, 2.24) is 4.98 Å². The summed E-state index contributed by atoms with van der Waals surface area (Å²) in [7, 11) is 1.48. The predicted octanol–water partition coefficient (Wildman–Crippen LogP) is 3.14. The molecule has 0 radical (unpaired) electrons. The van der Waals surface area contributed by atoms with Crippen molar-refractivity contribution >= 4 is 23.2 Å². The summed E-state index contributed by atoms with van der Waals surface area (Å²) in [5, 5.41) is 2.70. The summed E-state index contributed by atoms with van der Waals surface area (Å²) in [5.41, 5.74) is 0.361. The lowest BCUT2D eigenvalue weighted by atomic mass is 10.2. The highest BCUT2D eigenvalue weighted by atomic mass is 35.5. The Labute approximate surface area is 114 Å². The molecule has 0 aliphatic heterocycles. The molecule has 1 amide bonds. The van der Waals surface area contributed by atoms with E-state index in [9.17, 15) is 9.18 Å². The number of nitrogens with one attached hydrogen (secondary N) is 1. The first-order chi connectivity index (χ1) is 9.10. The smallest absolute Gasteiger partial charge is 0.257 e. The number of methoxy groups -OCH3 is 1. The number of hydrogen-bond donors (Lipinski definition) is 1. The number of hydrogen-bond acceptors (Lipinski definition) is 3. The summed E-state index contributed by atoms with van der Waals surface area (Å²) < 4.78 is 18.4. The number of aromatic nitrogens is 1. The second kappa shape index (κ2) is 5.67. The number of pyridine rings is 1. The molecule has 1 N–H and O–H groups in total. The van der Waals surface area contributed by atoms with E-state index in [1.165, 1.54) is 31.5 Å². The molecule has 0 saturated carbocycles. The standard InChI is InChI=1S/C13H10ClFN2O2/c1-19-12-5-2-8(7-16-12)13(18)17-11-4-3-9(14)6-10(11)15/h2-7H,1H3,(H,17,18). The van der Waals surface area contributed by atoms with Crippen LogP contribution in [0, 0.1) is 5.82 Å². The van der Waals surface area contributed by atoms with Crippen LogP contribution >= 0.6 is 11.6 Å². The maximum Gasteiger partial charge on any atom is 0.257 e. The van der Waals surface area contributed by atoms with Crippen molar-refractivity contribution in [3.63, 3.8) is 0 Å². The van der Waals surface area contributed by atoms with Crippen LogP contribution in [0.2, 0.25) is 5.02 Å². The van der Waals surface area contributed by atoms with E-state index < -0.39 is 11.7 Å². The van der Waals surface area contributed by atoms with Crippen LogP contribution in [0.15, 0.2) is 36.5 Å². The van der Waals surface area contributed by atoms with Crippen molar-refractivity contribution in [2.45, 2.75) is 0 Å². The molecule has 1 aromatic heterocycles. The van der Waals surface area contributed by atoms with Crippen LogP contribution in [0.1, 0.15) is 10.4 Å². The van der Waals surface area contributed by atoms with Crippen molar-refractivity contribution in [3.8, 4) is 5.88 Å². The van der Waals surface area contributed by atoms with Gasteiger partial charge in [0.25, 0.3) is 5.91 Å². The Morgan fingerprint density at radius 1 is 1.37 bits per heavy atom. The number of rotatable bonds is 3. The Morgan fingerprint density at radius 3 is 2.74 bits per heavy atom. The van der Waals surface area contributed by atoms with Gasteiger partial charge in [0, 0.05) is 17.3 Å². The molecule has 0 spiro atoms. The summed E-state index contributed by atoms with van der Waals surface area (Å²) in [6.07, 6.45) is 1.35. The maximum atomic E-state index is 13.5. The third kappa shape index (κ3) is 3.20. The average molecular weight is 281 g/mol. The molecule has 0 unspecified atom stereocenters. The minimum atomic E-state index is -0.595. The van der Waals surface area contributed by atoms with E-state index in [1.54, 1.807) is 6.07 Å². The van der Waals surface area contributed by atoms with Crippen LogP contribution in [0.4, 0.5) is 10.1 Å². The number of anilines is 1. The van der Waals surface area contributed by atoms with Gasteiger partial charge < -0.3 is 10.1 Å². The monoisotopic (exact) mass is 280 g/mol. The highest BCUT2D eigenvalue weighted by molar-refractivity contribution is 6.30. The molecule has 2 rings (SSSR count). The molecule has 0 bridgehead atoms. The molecule has 1 aromatic carbocycles. The highest BCUT2D eigenvalue weighted by Gasteiger charge is 2.10. The van der Waals surface area contributed by atoms with Gasteiger partial charge in [0.2, 0.25) is 5.88 Å². The number of halogens is 2. The zero-order chi connectivity index (χ0) is 13.8. The van der Waals surface area contributed by atoms with E-state index >= 15 is 0 Å². The van der Waals surface area contributed by atoms with Crippen LogP contribution in [0.3, 0.4) is 0 Å². The molecule has 0 atom stereocenters. The van der Waals surface area contributed by atoms with E-state index in [4.69, 9.17) is 16.3 Å². The quantitative estimate of drug-likeness (QED) is 0.940. The number of amides is 1. The van der Waals surface area contributed by atoms with Crippen molar-refractivity contribution in [3.05, 3.63) is 52.9 Å². The first-order valence-corrected chi connectivity index (χ1v) is 5.74. The summed E-state index contributed by atoms with van der Waals surface area (Å²) >= 11 is 5.63. The van der Waals surface area contributed by atoms with Gasteiger partial charge in [-0.05, 0) is 24.3 Å². The lowest BCUT2D eigenvalue weighted by Gasteiger charge is -2.06. The van der Waals surface area contributed by atoms with Crippen molar-refractivity contribution in [2.24, 2.45) is 0 Å². The SMILES string of the molecule is COc1ccc(C(=O)Nc2ccc(Cl)cc2F)cn1. The zero-order valence-corrected chi connectivity index (χ0v) is 10.7. The van der Waals surface area contributed by atoms with Crippen LogP contribution in [0.5, 0.6) is 5.88 Å². The second-order valence-electron chi connectivity index (χ2n) is 3.67. The molecule has 1 heterocycles. The average Bonchev–Trinajstić information content (AvgIpc) is 2.42. The molecule has 2 aromatic rings. The molecule has 0 saturated heterocycles. The first kappa shape index (κ1) is 13.3. The fourth-order valence-electron chi connectivity index (χ4n) is 1.42. The number of nitrogens with zero attached hydrogens (tertiary/aromatic N) is 1. The Kier molecular flexibility index (Phi) is 3.97. The van der Waals surface area contributed by atoms with Gasteiger partial charge >= 0.3 is 0 Å². The molecule has 98 valence electrons. The second-order valence-corrected chi connectivity index (χ2v) is 4.10. The van der Waals surface area contributed by atoms with Gasteiger partial charge in [-0.3, -0.25) is 4.79 Å². The van der Waals surface area contributed by atoms with Gasteiger partial charge in [-0.2, -0.15) is 0 Å². The fourth-order valence-corrected chi connectivity index (χ4v) is 1.58. The molecule has 4 nitrogen and oxygen atoms in total. The maximum absolute atomic E-state index is 13.5. The molecule has 6 heteroatoms. The minimum Gasteiger partial charge on any atom is -0.481 e. The number of benzene rings is 1. The van der Waals surface area contributed by atoms with E-state index in [0.717, 1.165) is 6.07 Å². The summed E-state index contributed by atoms with van der Waals surface area (Å²) in [5.74, 6) is -0.659. The molecule has 0 fully saturated rings. The van der Waals surface area contributed by atoms with Crippen molar-refractivity contribution < 1.29 is 13.9 Å². The van der Waals surface area contributed by atoms with Crippen molar-refractivity contribution in [1.29, 1.82) is 0 Å². The minimum absolute atomic E-state index is 0.0604. The summed E-state index contributed by atoms with van der Waals surface area (Å²) in [4.78, 5) is 15.8. The van der Waals surface area contributed by atoms with E-state index in [-0.39, 0.29) is 10.7 Å². The molecule has 19 heavy (non-hydrogen) atoms. The predicted molar refractivity (Wildman–Crippen MR) is 70.2 cm³/mol. The van der Waals surface area contributed by atoms with Crippen LogP contribution < -0.4 is 10.1 Å². The Hall–Kier alpha value is -2.14. The zero-order valence-electron chi connectivity index (χ0n) is 9.98. The lowest BCUT2D eigenvalue weighted by Crippen LogP contribution is -2.13. The third-order valence-corrected chi connectivity index (χ3v) is 2.62. The van der Waals surface area contributed by atoms with E-state index in [1.807, 2.05) is 0 Å². The molecule has 0 aliphatic rings. The molecule has 0 aliphatic carbocycles. The normalized spacial score (nSPS) is 10.1. The van der Waals surface area contributed by atoms with Gasteiger partial charge in [0.15, 0.2) is 0 Å². The Bertz CT molecular complexity index is 602. The van der Waals surface area contributed by atoms with Gasteiger partial charge in [-0.1, -0.05) is 11.6 Å². The Morgan fingerprint density at radius 2 is 2.16 bits per heavy atom. The largest absolute Gasteiger partial charge is 0.481 e. The summed E-state index contributed by atoms with van der Waals surface area (Å²) in [6, 6.07) is 7.10. The fraction of sp³-hybridized carbons (Fsp3) is 0.0769. The molecular weight excluding hydrogens is 271 g/mol. The topological polar surface area (TPSA) is 51.2 Å². The van der Waals surface area contributed by atoms with E-state index in [0.29, 0.717) is 11.4 Å². The number of carbonyl (C=O) groups excluding carboxylic acids is 1. The number of carbonyl (C=O) groups is 1. The van der Waals surface area contributed by atoms with Gasteiger partial charge in [-0.15, -0.1) is 0 Å². The highest BCUT2D eigenvalue weighted by Crippen LogP contribution is 2.19. The van der Waals surface area contributed by atoms with Crippen LogP contribution in [0.25, 0.3) is 0 Å². The van der Waals surface area contributed by atoms with Gasteiger partial charge in [-0.25, -0.2) is 9.37 Å². The lowest BCUT2D eigenvalue weighted by molar-refractivity contribution is 0.102. The first-order valence-electron chi connectivity index (χ1n) is 5.36.